The van der Waals surface area contributed by atoms with Crippen LogP contribution in [0.4, 0.5) is 16.2 Å². The maximum absolute atomic E-state index is 13.0. The summed E-state index contributed by atoms with van der Waals surface area (Å²) in [5, 5.41) is 2.53. The lowest BCUT2D eigenvalue weighted by Gasteiger charge is -2.26. The highest BCUT2D eigenvalue weighted by Gasteiger charge is 2.23. The van der Waals surface area contributed by atoms with Gasteiger partial charge in [-0.1, -0.05) is 24.3 Å². The second kappa shape index (κ2) is 10.1. The number of aromatic nitrogens is 2. The molecule has 9 heteroatoms. The van der Waals surface area contributed by atoms with E-state index in [2.05, 4.69) is 10.3 Å². The second-order valence-corrected chi connectivity index (χ2v) is 6.60. The molecular weight excluding hydrogens is 398 g/mol. The number of nitrogens with zero attached hydrogens (tertiary/aromatic N) is 4. The molecule has 0 atom stereocenters. The summed E-state index contributed by atoms with van der Waals surface area (Å²) >= 11 is 0. The monoisotopic (exact) mass is 421 g/mol. The molecular formula is C22H23N5O4. The summed E-state index contributed by atoms with van der Waals surface area (Å²) in [7, 11) is 3.16. The van der Waals surface area contributed by atoms with Gasteiger partial charge in [-0.25, -0.2) is 9.78 Å². The first-order valence-corrected chi connectivity index (χ1v) is 9.52. The molecule has 31 heavy (non-hydrogen) atoms. The number of nitrogens with one attached hydrogen (secondary N) is 1. The van der Waals surface area contributed by atoms with E-state index in [-0.39, 0.29) is 19.0 Å². The minimum Gasteiger partial charge on any atom is -0.497 e. The van der Waals surface area contributed by atoms with Gasteiger partial charge in [-0.3, -0.25) is 14.2 Å². The van der Waals surface area contributed by atoms with E-state index >= 15 is 0 Å². The van der Waals surface area contributed by atoms with Crippen LogP contribution < -0.4 is 19.9 Å². The molecule has 0 fully saturated rings. The van der Waals surface area contributed by atoms with Crippen molar-refractivity contribution < 1.29 is 19.1 Å². The van der Waals surface area contributed by atoms with Gasteiger partial charge in [0.05, 0.1) is 13.7 Å². The van der Waals surface area contributed by atoms with E-state index < -0.39 is 11.9 Å². The first kappa shape index (κ1) is 21.6. The fourth-order valence-corrected chi connectivity index (χ4v) is 2.86. The van der Waals surface area contributed by atoms with Crippen LogP contribution in [-0.2, 0) is 9.59 Å². The van der Waals surface area contributed by atoms with Crippen LogP contribution in [0.5, 0.6) is 5.75 Å². The summed E-state index contributed by atoms with van der Waals surface area (Å²) in [6.45, 7) is -0.505. The molecule has 1 heterocycles. The molecule has 0 saturated carbocycles. The van der Waals surface area contributed by atoms with Gasteiger partial charge in [0.25, 0.3) is 0 Å². The van der Waals surface area contributed by atoms with Crippen molar-refractivity contribution in [1.82, 2.24) is 14.9 Å². The smallest absolute Gasteiger partial charge is 0.327 e. The zero-order chi connectivity index (χ0) is 22.2. The molecule has 0 aliphatic carbocycles. The number of hydrogen-bond donors (Lipinski definition) is 1. The van der Waals surface area contributed by atoms with E-state index in [4.69, 9.17) is 4.74 Å². The number of ether oxygens (including phenoxy) is 1. The third-order valence-corrected chi connectivity index (χ3v) is 4.61. The largest absolute Gasteiger partial charge is 0.497 e. The SMILES string of the molecule is COc1cccc(N(CC(=O)N(C)c2ccccc2)C(=O)CNC(=O)n2ccnc2)c1. The van der Waals surface area contributed by atoms with Crippen molar-refractivity contribution >= 4 is 29.2 Å². The Morgan fingerprint density at radius 2 is 1.77 bits per heavy atom. The molecule has 1 aromatic heterocycles. The van der Waals surface area contributed by atoms with Gasteiger partial charge < -0.3 is 19.9 Å². The minimum absolute atomic E-state index is 0.210. The molecule has 0 saturated heterocycles. The van der Waals surface area contributed by atoms with E-state index in [0.717, 1.165) is 0 Å². The van der Waals surface area contributed by atoms with Crippen LogP contribution in [0.2, 0.25) is 0 Å². The first-order chi connectivity index (χ1) is 15.0. The second-order valence-electron chi connectivity index (χ2n) is 6.60. The van der Waals surface area contributed by atoms with E-state index in [1.807, 2.05) is 18.2 Å². The van der Waals surface area contributed by atoms with Gasteiger partial charge in [0, 0.05) is 36.9 Å². The lowest BCUT2D eigenvalue weighted by atomic mass is 10.2. The number of carbonyl (C=O) groups is 3. The lowest BCUT2D eigenvalue weighted by molar-refractivity contribution is -0.121. The number of carbonyl (C=O) groups excluding carboxylic acids is 3. The highest BCUT2D eigenvalue weighted by Crippen LogP contribution is 2.22. The molecule has 0 bridgehead atoms. The Kier molecular flexibility index (Phi) is 7.00. The van der Waals surface area contributed by atoms with Gasteiger partial charge in [0.1, 0.15) is 18.6 Å². The number of para-hydroxylation sites is 1. The zero-order valence-electron chi connectivity index (χ0n) is 17.3. The number of hydrogen-bond acceptors (Lipinski definition) is 5. The van der Waals surface area contributed by atoms with Gasteiger partial charge in [-0.2, -0.15) is 0 Å². The van der Waals surface area contributed by atoms with Gasteiger partial charge in [-0.05, 0) is 24.3 Å². The predicted molar refractivity (Wildman–Crippen MR) is 116 cm³/mol. The maximum Gasteiger partial charge on any atom is 0.327 e. The van der Waals surface area contributed by atoms with Gasteiger partial charge in [0.2, 0.25) is 11.8 Å². The third-order valence-electron chi connectivity index (χ3n) is 4.61. The quantitative estimate of drug-likeness (QED) is 0.631. The molecule has 3 rings (SSSR count). The van der Waals surface area contributed by atoms with Gasteiger partial charge in [0.15, 0.2) is 0 Å². The topological polar surface area (TPSA) is 96.8 Å². The lowest BCUT2D eigenvalue weighted by Crippen LogP contribution is -2.46. The third kappa shape index (κ3) is 5.47. The molecule has 0 spiro atoms. The summed E-state index contributed by atoms with van der Waals surface area (Å²) in [4.78, 5) is 44.6. The molecule has 3 aromatic rings. The number of benzene rings is 2. The van der Waals surface area contributed by atoms with Crippen molar-refractivity contribution in [3.05, 3.63) is 73.3 Å². The van der Waals surface area contributed by atoms with E-state index in [1.165, 1.54) is 40.2 Å². The maximum atomic E-state index is 13.0. The zero-order valence-corrected chi connectivity index (χ0v) is 17.3. The van der Waals surface area contributed by atoms with Crippen molar-refractivity contribution in [2.45, 2.75) is 0 Å². The van der Waals surface area contributed by atoms with Crippen LogP contribution in [0.15, 0.2) is 73.3 Å². The number of likely N-dealkylation sites (N-methyl/N-ethyl adjacent to an activating group) is 1. The van der Waals surface area contributed by atoms with Crippen LogP contribution in [0, 0.1) is 0 Å². The van der Waals surface area contributed by atoms with Crippen molar-refractivity contribution in [3.63, 3.8) is 0 Å². The highest BCUT2D eigenvalue weighted by molar-refractivity contribution is 6.04. The highest BCUT2D eigenvalue weighted by atomic mass is 16.5. The Bertz CT molecular complexity index is 1040. The van der Waals surface area contributed by atoms with Crippen LogP contribution in [0.25, 0.3) is 0 Å². The molecule has 0 aliphatic rings. The summed E-state index contributed by atoms with van der Waals surface area (Å²) in [6, 6.07) is 15.5. The van der Waals surface area contributed by atoms with Gasteiger partial charge >= 0.3 is 6.03 Å². The van der Waals surface area contributed by atoms with Gasteiger partial charge in [-0.15, -0.1) is 0 Å². The molecule has 160 valence electrons. The van der Waals surface area contributed by atoms with Crippen LogP contribution >= 0.6 is 0 Å². The number of imidazole rings is 1. The molecule has 2 aromatic carbocycles. The average molecular weight is 421 g/mol. The Hall–Kier alpha value is -4.14. The summed E-state index contributed by atoms with van der Waals surface area (Å²) in [5.41, 5.74) is 1.19. The number of amides is 3. The Morgan fingerprint density at radius 1 is 1.03 bits per heavy atom. The van der Waals surface area contributed by atoms with E-state index in [0.29, 0.717) is 17.1 Å². The summed E-state index contributed by atoms with van der Waals surface area (Å²) in [5.74, 6) is -0.193. The Morgan fingerprint density at radius 3 is 2.45 bits per heavy atom. The molecule has 0 unspecified atom stereocenters. The first-order valence-electron chi connectivity index (χ1n) is 9.52. The van der Waals surface area contributed by atoms with Crippen molar-refractivity contribution in [1.29, 1.82) is 0 Å². The molecule has 1 N–H and O–H groups in total. The van der Waals surface area contributed by atoms with Crippen molar-refractivity contribution in [3.8, 4) is 5.75 Å². The van der Waals surface area contributed by atoms with E-state index in [9.17, 15) is 14.4 Å². The average Bonchev–Trinajstić information content (AvgIpc) is 3.36. The fourth-order valence-electron chi connectivity index (χ4n) is 2.86. The number of rotatable bonds is 7. The standard InChI is InChI=1S/C22H23N5O4/c1-25(17-7-4-3-5-8-17)21(29)15-27(18-9-6-10-19(13-18)31-2)20(28)14-24-22(30)26-12-11-23-16-26/h3-13,16H,14-15H2,1-2H3,(H,24,30). The predicted octanol–water partition coefficient (Wildman–Crippen LogP) is 2.15. The number of anilines is 2. The normalized spacial score (nSPS) is 10.3. The van der Waals surface area contributed by atoms with Crippen LogP contribution in [-0.4, -0.2) is 54.6 Å². The van der Waals surface area contributed by atoms with Crippen LogP contribution in [0.3, 0.4) is 0 Å². The number of methoxy groups -OCH3 is 1. The van der Waals surface area contributed by atoms with E-state index in [1.54, 1.807) is 43.4 Å². The summed E-state index contributed by atoms with van der Waals surface area (Å²) in [6.07, 6.45) is 4.26. The van der Waals surface area contributed by atoms with Crippen LogP contribution in [0.1, 0.15) is 0 Å². The Labute approximate surface area is 179 Å². The van der Waals surface area contributed by atoms with Crippen molar-refractivity contribution in [2.75, 3.05) is 37.0 Å². The fraction of sp³-hybridized carbons (Fsp3) is 0.182. The minimum atomic E-state index is -0.496. The molecule has 3 amide bonds. The summed E-state index contributed by atoms with van der Waals surface area (Å²) < 4.78 is 6.46. The molecule has 0 aliphatic heterocycles. The Balaban J connectivity index is 1.77. The van der Waals surface area contributed by atoms with Crippen molar-refractivity contribution in [2.24, 2.45) is 0 Å². The molecule has 0 radical (unpaired) electrons. The molecule has 9 nitrogen and oxygen atoms in total.